The van der Waals surface area contributed by atoms with Crippen LogP contribution >= 0.6 is 11.6 Å². The average Bonchev–Trinajstić information content (AvgIpc) is 3.04. The van der Waals surface area contributed by atoms with Gasteiger partial charge in [-0.3, -0.25) is 0 Å². The van der Waals surface area contributed by atoms with Crippen LogP contribution in [0.2, 0.25) is 5.02 Å². The number of sulfonamides is 1. The molecular formula is C21H20ClFN4O3S. The summed E-state index contributed by atoms with van der Waals surface area (Å²) in [4.78, 5) is 10.7. The molecule has 0 unspecified atom stereocenters. The molecule has 1 aliphatic rings. The van der Waals surface area contributed by atoms with Crippen LogP contribution in [0.25, 0.3) is 0 Å². The summed E-state index contributed by atoms with van der Waals surface area (Å²) >= 11 is 5.80. The first kappa shape index (κ1) is 21.5. The van der Waals surface area contributed by atoms with Gasteiger partial charge in [-0.2, -0.15) is 4.31 Å². The number of ether oxygens (including phenoxy) is 1. The molecule has 10 heteroatoms. The molecule has 0 spiro atoms. The summed E-state index contributed by atoms with van der Waals surface area (Å²) in [5.41, 5.74) is 0. The van der Waals surface area contributed by atoms with Gasteiger partial charge in [0.1, 0.15) is 23.7 Å². The molecule has 0 amide bonds. The number of benzene rings is 2. The van der Waals surface area contributed by atoms with Crippen molar-refractivity contribution < 1.29 is 17.5 Å². The van der Waals surface area contributed by atoms with Crippen molar-refractivity contribution in [1.82, 2.24) is 14.3 Å². The molecule has 0 N–H and O–H groups in total. The van der Waals surface area contributed by atoms with E-state index < -0.39 is 15.8 Å². The van der Waals surface area contributed by atoms with E-state index in [2.05, 4.69) is 9.97 Å². The average molecular weight is 463 g/mol. The first-order valence-corrected chi connectivity index (χ1v) is 11.5. The van der Waals surface area contributed by atoms with Gasteiger partial charge in [0.15, 0.2) is 0 Å². The lowest BCUT2D eigenvalue weighted by molar-refractivity contribution is 0.433. The number of hydrogen-bond donors (Lipinski definition) is 0. The lowest BCUT2D eigenvalue weighted by Gasteiger charge is -2.22. The molecular weight excluding hydrogens is 443 g/mol. The van der Waals surface area contributed by atoms with Gasteiger partial charge in [0.2, 0.25) is 15.9 Å². The third-order valence-corrected chi connectivity index (χ3v) is 7.10. The fourth-order valence-corrected chi connectivity index (χ4v) is 4.99. The molecule has 0 aliphatic carbocycles. The second-order valence-corrected chi connectivity index (χ2v) is 9.30. The van der Waals surface area contributed by atoms with Gasteiger partial charge in [-0.1, -0.05) is 29.8 Å². The third kappa shape index (κ3) is 4.95. The molecule has 1 saturated heterocycles. The van der Waals surface area contributed by atoms with Crippen LogP contribution in [-0.2, 0) is 10.0 Å². The Morgan fingerprint density at radius 2 is 1.77 bits per heavy atom. The van der Waals surface area contributed by atoms with Crippen molar-refractivity contribution in [3.63, 3.8) is 0 Å². The monoisotopic (exact) mass is 462 g/mol. The quantitative estimate of drug-likeness (QED) is 0.571. The van der Waals surface area contributed by atoms with E-state index >= 15 is 0 Å². The molecule has 31 heavy (non-hydrogen) atoms. The molecule has 0 bridgehead atoms. The molecule has 162 valence electrons. The Labute approximate surface area is 185 Å². The van der Waals surface area contributed by atoms with E-state index in [0.717, 1.165) is 0 Å². The summed E-state index contributed by atoms with van der Waals surface area (Å²) < 4.78 is 46.3. The molecule has 0 radical (unpaired) electrons. The summed E-state index contributed by atoms with van der Waals surface area (Å²) in [7, 11) is -3.54. The van der Waals surface area contributed by atoms with Gasteiger partial charge in [-0.05, 0) is 30.7 Å². The van der Waals surface area contributed by atoms with E-state index in [1.54, 1.807) is 36.4 Å². The Morgan fingerprint density at radius 1 is 0.968 bits per heavy atom. The van der Waals surface area contributed by atoms with Crippen molar-refractivity contribution in [3.05, 3.63) is 71.8 Å². The molecule has 7 nitrogen and oxygen atoms in total. The van der Waals surface area contributed by atoms with Gasteiger partial charge in [-0.15, -0.1) is 0 Å². The van der Waals surface area contributed by atoms with Crippen LogP contribution in [0, 0.1) is 5.82 Å². The summed E-state index contributed by atoms with van der Waals surface area (Å²) in [5, 5.41) is -0.0426. The molecule has 1 fully saturated rings. The minimum Gasteiger partial charge on any atom is -0.439 e. The van der Waals surface area contributed by atoms with E-state index in [-0.39, 0.29) is 10.9 Å². The number of rotatable bonds is 5. The number of aromatic nitrogens is 2. The van der Waals surface area contributed by atoms with E-state index in [4.69, 9.17) is 16.3 Å². The number of anilines is 1. The highest BCUT2D eigenvalue weighted by molar-refractivity contribution is 7.89. The Balaban J connectivity index is 1.47. The van der Waals surface area contributed by atoms with Gasteiger partial charge >= 0.3 is 0 Å². The third-order valence-electron chi connectivity index (χ3n) is 4.90. The SMILES string of the molecule is O=S(=O)(c1ccccc1)N1CCCN(c2cc(Oc3ccc(F)c(Cl)c3)ncn2)CC1. The van der Waals surface area contributed by atoms with Crippen molar-refractivity contribution >= 4 is 27.4 Å². The molecule has 3 aromatic rings. The second-order valence-electron chi connectivity index (χ2n) is 6.95. The molecule has 2 aromatic carbocycles. The van der Waals surface area contributed by atoms with Crippen LogP contribution < -0.4 is 9.64 Å². The van der Waals surface area contributed by atoms with Gasteiger partial charge in [0.05, 0.1) is 9.92 Å². The Kier molecular flexibility index (Phi) is 6.35. The lowest BCUT2D eigenvalue weighted by Crippen LogP contribution is -2.35. The smallest absolute Gasteiger partial charge is 0.243 e. The number of hydrogen-bond acceptors (Lipinski definition) is 6. The zero-order valence-corrected chi connectivity index (χ0v) is 18.1. The highest BCUT2D eigenvalue weighted by Crippen LogP contribution is 2.27. The van der Waals surface area contributed by atoms with E-state index in [0.29, 0.717) is 49.1 Å². The van der Waals surface area contributed by atoms with Gasteiger partial charge in [-0.25, -0.2) is 22.8 Å². The Morgan fingerprint density at radius 3 is 2.55 bits per heavy atom. The summed E-state index contributed by atoms with van der Waals surface area (Å²) in [6.07, 6.45) is 2.03. The van der Waals surface area contributed by atoms with Crippen LogP contribution in [0.4, 0.5) is 10.2 Å². The van der Waals surface area contributed by atoms with Crippen LogP contribution in [0.5, 0.6) is 11.6 Å². The van der Waals surface area contributed by atoms with Crippen molar-refractivity contribution in [1.29, 1.82) is 0 Å². The summed E-state index contributed by atoms with van der Waals surface area (Å²) in [6, 6.07) is 14.1. The van der Waals surface area contributed by atoms with E-state index in [1.807, 2.05) is 4.90 Å². The normalized spacial score (nSPS) is 15.5. The van der Waals surface area contributed by atoms with Crippen molar-refractivity contribution in [2.45, 2.75) is 11.3 Å². The minimum absolute atomic E-state index is 0.0426. The Hall–Kier alpha value is -2.75. The maximum Gasteiger partial charge on any atom is 0.243 e. The minimum atomic E-state index is -3.54. The highest BCUT2D eigenvalue weighted by atomic mass is 35.5. The van der Waals surface area contributed by atoms with Crippen molar-refractivity contribution in [2.24, 2.45) is 0 Å². The fraction of sp³-hybridized carbons (Fsp3) is 0.238. The van der Waals surface area contributed by atoms with Crippen LogP contribution in [0.15, 0.2) is 65.8 Å². The van der Waals surface area contributed by atoms with Gasteiger partial charge in [0, 0.05) is 38.3 Å². The predicted molar refractivity (Wildman–Crippen MR) is 116 cm³/mol. The summed E-state index contributed by atoms with van der Waals surface area (Å²) in [6.45, 7) is 1.88. The van der Waals surface area contributed by atoms with Crippen molar-refractivity contribution in [3.8, 4) is 11.6 Å². The largest absolute Gasteiger partial charge is 0.439 e. The van der Waals surface area contributed by atoms with Gasteiger partial charge < -0.3 is 9.64 Å². The zero-order valence-electron chi connectivity index (χ0n) is 16.5. The fourth-order valence-electron chi connectivity index (χ4n) is 3.32. The highest BCUT2D eigenvalue weighted by Gasteiger charge is 2.27. The van der Waals surface area contributed by atoms with E-state index in [9.17, 15) is 12.8 Å². The first-order valence-electron chi connectivity index (χ1n) is 9.68. The predicted octanol–water partition coefficient (Wildman–Crippen LogP) is 3.96. The molecule has 0 saturated carbocycles. The van der Waals surface area contributed by atoms with Crippen LogP contribution in [0.1, 0.15) is 6.42 Å². The number of halogens is 2. The maximum absolute atomic E-state index is 13.3. The first-order chi connectivity index (χ1) is 14.9. The number of nitrogens with zero attached hydrogens (tertiary/aromatic N) is 4. The molecule has 0 atom stereocenters. The zero-order chi connectivity index (χ0) is 21.8. The summed E-state index contributed by atoms with van der Waals surface area (Å²) in [5.74, 6) is 0.729. The van der Waals surface area contributed by atoms with E-state index in [1.165, 1.54) is 28.8 Å². The Bertz CT molecular complexity index is 1160. The topological polar surface area (TPSA) is 75.6 Å². The molecule has 4 rings (SSSR count). The molecule has 1 aromatic heterocycles. The maximum atomic E-state index is 13.3. The van der Waals surface area contributed by atoms with Crippen LogP contribution in [-0.4, -0.2) is 48.9 Å². The second kappa shape index (κ2) is 9.17. The van der Waals surface area contributed by atoms with Crippen LogP contribution in [0.3, 0.4) is 0 Å². The standard InChI is InChI=1S/C21H20ClFN4O3S/c22-18-13-16(7-8-19(18)23)30-21-14-20(24-15-25-21)26-9-4-10-27(12-11-26)31(28,29)17-5-2-1-3-6-17/h1-3,5-8,13-15H,4,9-12H2. The molecule has 2 heterocycles. The lowest BCUT2D eigenvalue weighted by atomic mass is 10.3. The van der Waals surface area contributed by atoms with Gasteiger partial charge in [0.25, 0.3) is 0 Å². The van der Waals surface area contributed by atoms with Crippen molar-refractivity contribution in [2.75, 3.05) is 31.1 Å². The molecule has 1 aliphatic heterocycles.